The summed E-state index contributed by atoms with van der Waals surface area (Å²) in [5.41, 5.74) is 3.92. The van der Waals surface area contributed by atoms with Gasteiger partial charge in [0, 0.05) is 5.56 Å². The number of rotatable bonds is 5. The molecule has 3 aromatic rings. The van der Waals surface area contributed by atoms with Gasteiger partial charge >= 0.3 is 0 Å². The molecule has 2 amide bonds. The molecule has 6 nitrogen and oxygen atoms in total. The van der Waals surface area contributed by atoms with E-state index in [0.717, 1.165) is 30.8 Å². The van der Waals surface area contributed by atoms with Crippen LogP contribution in [0.5, 0.6) is 5.75 Å². The quantitative estimate of drug-likeness (QED) is 0.586. The van der Waals surface area contributed by atoms with Crippen LogP contribution in [-0.2, 0) is 16.1 Å². The Morgan fingerprint density at radius 2 is 1.71 bits per heavy atom. The Hall–Kier alpha value is -3.90. The van der Waals surface area contributed by atoms with Crippen LogP contribution in [0.3, 0.4) is 0 Å². The number of quaternary nitrogens is 1. The van der Waals surface area contributed by atoms with Crippen LogP contribution in [-0.4, -0.2) is 49.4 Å². The van der Waals surface area contributed by atoms with Crippen molar-refractivity contribution in [2.24, 2.45) is 0 Å². The molecule has 0 aromatic heterocycles. The van der Waals surface area contributed by atoms with Gasteiger partial charge in [-0.15, -0.1) is 0 Å². The van der Waals surface area contributed by atoms with Crippen LogP contribution < -0.4 is 14.5 Å². The smallest absolute Gasteiger partial charge is 0.294 e. The van der Waals surface area contributed by atoms with Crippen LogP contribution in [0.4, 0.5) is 5.69 Å². The monoisotopic (exact) mass is 468 g/mol. The molecule has 5 rings (SSSR count). The lowest BCUT2D eigenvalue weighted by molar-refractivity contribution is -0.917. The molecule has 1 saturated heterocycles. The third kappa shape index (κ3) is 5.28. The van der Waals surface area contributed by atoms with Crippen molar-refractivity contribution in [2.45, 2.75) is 13.5 Å². The average Bonchev–Trinajstić information content (AvgIpc) is 2.87. The Balaban J connectivity index is 1.29. The summed E-state index contributed by atoms with van der Waals surface area (Å²) >= 11 is 0. The molecular weight excluding hydrogens is 438 g/mol. The lowest BCUT2D eigenvalue weighted by Gasteiger charge is -2.35. The van der Waals surface area contributed by atoms with Crippen molar-refractivity contribution in [3.05, 3.63) is 101 Å². The van der Waals surface area contributed by atoms with E-state index in [2.05, 4.69) is 24.3 Å². The van der Waals surface area contributed by atoms with Crippen LogP contribution >= 0.6 is 0 Å². The zero-order valence-electron chi connectivity index (χ0n) is 19.9. The first kappa shape index (κ1) is 22.9. The second kappa shape index (κ2) is 10.2. The minimum Gasteiger partial charge on any atom is -0.449 e. The molecule has 0 aliphatic carbocycles. The molecule has 0 atom stereocenters. The van der Waals surface area contributed by atoms with E-state index < -0.39 is 0 Å². The summed E-state index contributed by atoms with van der Waals surface area (Å²) in [5.74, 6) is 0.464. The van der Waals surface area contributed by atoms with Gasteiger partial charge in [-0.05, 0) is 30.7 Å². The molecule has 1 N–H and O–H groups in total. The molecule has 35 heavy (non-hydrogen) atoms. The standard InChI is InChI=1S/C29H29N3O3/c1-22-8-7-11-24(18-22)19-27-29(34)32(25-12-5-6-13-26(25)35-27)21-28(33)31-16-14-30(15-17-31)20-23-9-3-2-4-10-23/h2-13,18-19H,14-17,20-21H2,1H3/p+1. The number of hydrogen-bond donors (Lipinski definition) is 1. The minimum absolute atomic E-state index is 0.00160. The van der Waals surface area contributed by atoms with Gasteiger partial charge in [0.05, 0.1) is 31.9 Å². The Kier molecular flexibility index (Phi) is 6.64. The number of nitrogens with one attached hydrogen (secondary N) is 1. The number of carbonyl (C=O) groups is 2. The predicted molar refractivity (Wildman–Crippen MR) is 136 cm³/mol. The van der Waals surface area contributed by atoms with E-state index in [9.17, 15) is 9.59 Å². The molecule has 2 aliphatic heterocycles. The topological polar surface area (TPSA) is 54.3 Å². The molecular formula is C29H30N3O3+. The first-order chi connectivity index (χ1) is 17.1. The summed E-state index contributed by atoms with van der Waals surface area (Å²) in [5, 5.41) is 0. The highest BCUT2D eigenvalue weighted by Gasteiger charge is 2.33. The number of benzene rings is 3. The van der Waals surface area contributed by atoms with Crippen molar-refractivity contribution in [1.29, 1.82) is 0 Å². The molecule has 0 spiro atoms. The van der Waals surface area contributed by atoms with Crippen LogP contribution in [0.25, 0.3) is 6.08 Å². The molecule has 0 bridgehead atoms. The van der Waals surface area contributed by atoms with Gasteiger partial charge in [0.25, 0.3) is 5.91 Å². The molecule has 3 aromatic carbocycles. The molecule has 2 aliphatic rings. The van der Waals surface area contributed by atoms with Gasteiger partial charge in [0.15, 0.2) is 11.5 Å². The number of fused-ring (bicyclic) bond motifs is 1. The number of ether oxygens (including phenoxy) is 1. The highest BCUT2D eigenvalue weighted by molar-refractivity contribution is 6.12. The van der Waals surface area contributed by atoms with E-state index in [1.54, 1.807) is 11.0 Å². The maximum Gasteiger partial charge on any atom is 0.294 e. The van der Waals surface area contributed by atoms with Crippen LogP contribution in [0, 0.1) is 6.92 Å². The average molecular weight is 469 g/mol. The summed E-state index contributed by atoms with van der Waals surface area (Å²) in [6.45, 7) is 6.14. The zero-order chi connectivity index (χ0) is 24.2. The fraction of sp³-hybridized carbons (Fsp3) is 0.241. The van der Waals surface area contributed by atoms with Crippen molar-refractivity contribution < 1.29 is 19.2 Å². The minimum atomic E-state index is -0.299. The van der Waals surface area contributed by atoms with Crippen LogP contribution in [0.1, 0.15) is 16.7 Å². The number of nitrogens with zero attached hydrogens (tertiary/aromatic N) is 2. The van der Waals surface area contributed by atoms with E-state index in [4.69, 9.17) is 4.74 Å². The first-order valence-electron chi connectivity index (χ1n) is 12.1. The summed E-state index contributed by atoms with van der Waals surface area (Å²) in [6.07, 6.45) is 1.74. The van der Waals surface area contributed by atoms with Gasteiger partial charge in [0.1, 0.15) is 13.1 Å². The number of carbonyl (C=O) groups excluding carboxylic acids is 2. The molecule has 0 saturated carbocycles. The lowest BCUT2D eigenvalue weighted by atomic mass is 10.1. The summed E-state index contributed by atoms with van der Waals surface area (Å²) in [4.78, 5) is 31.6. The van der Waals surface area contributed by atoms with Crippen molar-refractivity contribution in [1.82, 2.24) is 4.90 Å². The Morgan fingerprint density at radius 3 is 2.49 bits per heavy atom. The van der Waals surface area contributed by atoms with Gasteiger partial charge < -0.3 is 14.5 Å². The van der Waals surface area contributed by atoms with Gasteiger partial charge in [0.2, 0.25) is 5.91 Å². The summed E-state index contributed by atoms with van der Waals surface area (Å²) in [6, 6.07) is 25.7. The molecule has 0 radical (unpaired) electrons. The van der Waals surface area contributed by atoms with E-state index in [1.165, 1.54) is 10.5 Å². The summed E-state index contributed by atoms with van der Waals surface area (Å²) in [7, 11) is 0. The second-order valence-corrected chi connectivity index (χ2v) is 9.18. The fourth-order valence-electron chi connectivity index (χ4n) is 4.70. The van der Waals surface area contributed by atoms with E-state index in [-0.39, 0.29) is 24.1 Å². The fourth-order valence-corrected chi connectivity index (χ4v) is 4.70. The van der Waals surface area contributed by atoms with Crippen molar-refractivity contribution in [3.63, 3.8) is 0 Å². The van der Waals surface area contributed by atoms with E-state index in [1.807, 2.05) is 66.4 Å². The number of hydrogen-bond acceptors (Lipinski definition) is 3. The maximum absolute atomic E-state index is 13.4. The first-order valence-corrected chi connectivity index (χ1v) is 12.1. The van der Waals surface area contributed by atoms with Crippen molar-refractivity contribution in [2.75, 3.05) is 37.6 Å². The molecule has 1 fully saturated rings. The van der Waals surface area contributed by atoms with Gasteiger partial charge in [-0.25, -0.2) is 0 Å². The van der Waals surface area contributed by atoms with Crippen molar-refractivity contribution >= 4 is 23.6 Å². The van der Waals surface area contributed by atoms with Gasteiger partial charge in [-0.3, -0.25) is 14.5 Å². The van der Waals surface area contributed by atoms with E-state index in [0.29, 0.717) is 24.5 Å². The maximum atomic E-state index is 13.4. The number of aryl methyl sites for hydroxylation is 1. The normalized spacial score (nSPS) is 17.3. The highest BCUT2D eigenvalue weighted by atomic mass is 16.5. The van der Waals surface area contributed by atoms with Crippen LogP contribution in [0.15, 0.2) is 84.6 Å². The number of piperazine rings is 1. The number of anilines is 1. The third-order valence-corrected chi connectivity index (χ3v) is 6.59. The molecule has 0 unspecified atom stereocenters. The van der Waals surface area contributed by atoms with Crippen molar-refractivity contribution in [3.8, 4) is 5.75 Å². The molecule has 178 valence electrons. The molecule has 6 heteroatoms. The Bertz CT molecular complexity index is 1250. The Morgan fingerprint density at radius 1 is 0.971 bits per heavy atom. The van der Waals surface area contributed by atoms with Gasteiger partial charge in [-0.1, -0.05) is 72.3 Å². The highest BCUT2D eigenvalue weighted by Crippen LogP contribution is 2.35. The van der Waals surface area contributed by atoms with E-state index >= 15 is 0 Å². The Labute approximate surface area is 206 Å². The van der Waals surface area contributed by atoms with Crippen LogP contribution in [0.2, 0.25) is 0 Å². The predicted octanol–water partition coefficient (Wildman–Crippen LogP) is 2.69. The number of para-hydroxylation sites is 2. The second-order valence-electron chi connectivity index (χ2n) is 9.18. The SMILES string of the molecule is Cc1cccc(C=C2Oc3ccccc3N(CC(=O)N3CC[NH+](Cc4ccccc4)CC3)C2=O)c1. The van der Waals surface area contributed by atoms with Gasteiger partial charge in [-0.2, -0.15) is 0 Å². The lowest BCUT2D eigenvalue weighted by Crippen LogP contribution is -3.13. The third-order valence-electron chi connectivity index (χ3n) is 6.59. The molecule has 2 heterocycles. The zero-order valence-corrected chi connectivity index (χ0v) is 19.9. The number of amides is 2. The largest absolute Gasteiger partial charge is 0.449 e. The summed E-state index contributed by atoms with van der Waals surface area (Å²) < 4.78 is 5.96.